The Labute approximate surface area is 68.8 Å². The van der Waals surface area contributed by atoms with Gasteiger partial charge in [0.15, 0.2) is 0 Å². The van der Waals surface area contributed by atoms with Crippen LogP contribution in [-0.4, -0.2) is 4.98 Å². The lowest BCUT2D eigenvalue weighted by atomic mass is 10.2. The Bertz CT molecular complexity index is 262. The summed E-state index contributed by atoms with van der Waals surface area (Å²) in [6, 6.07) is 3.91. The predicted molar refractivity (Wildman–Crippen MR) is 44.2 cm³/mol. The van der Waals surface area contributed by atoms with E-state index in [0.29, 0.717) is 5.15 Å². The van der Waals surface area contributed by atoms with Gasteiger partial charge in [0.25, 0.3) is 0 Å². The van der Waals surface area contributed by atoms with Crippen LogP contribution in [0.2, 0.25) is 5.15 Å². The molecule has 10 heavy (non-hydrogen) atoms. The lowest BCUT2D eigenvalue weighted by Crippen LogP contribution is -1.86. The van der Waals surface area contributed by atoms with E-state index in [2.05, 4.69) is 11.1 Å². The van der Waals surface area contributed by atoms with E-state index in [0.717, 1.165) is 17.2 Å². The third kappa shape index (κ3) is 1.02. The lowest BCUT2D eigenvalue weighted by molar-refractivity contribution is 1.15. The van der Waals surface area contributed by atoms with Gasteiger partial charge in [-0.15, -0.1) is 0 Å². The standard InChI is InChI=1S/C7H6ClNS/c8-7-2-1-5-3-10-4-6(5)9-7/h1-2H,3-4H2. The first kappa shape index (κ1) is 6.50. The van der Waals surface area contributed by atoms with Crippen LogP contribution >= 0.6 is 23.4 Å². The van der Waals surface area contributed by atoms with Crippen molar-refractivity contribution in [2.24, 2.45) is 0 Å². The SMILES string of the molecule is Clc1ccc2c(n1)CSC2. The minimum absolute atomic E-state index is 0.612. The summed E-state index contributed by atoms with van der Waals surface area (Å²) < 4.78 is 0. The molecule has 0 saturated carbocycles. The molecule has 3 heteroatoms. The normalized spacial score (nSPS) is 15.3. The summed E-state index contributed by atoms with van der Waals surface area (Å²) in [6.45, 7) is 0. The van der Waals surface area contributed by atoms with E-state index in [4.69, 9.17) is 11.6 Å². The van der Waals surface area contributed by atoms with Crippen LogP contribution in [0.4, 0.5) is 0 Å². The highest BCUT2D eigenvalue weighted by molar-refractivity contribution is 7.98. The molecule has 1 aromatic rings. The van der Waals surface area contributed by atoms with Crippen LogP contribution in [0.25, 0.3) is 0 Å². The van der Waals surface area contributed by atoms with Crippen LogP contribution in [0.1, 0.15) is 11.3 Å². The molecule has 0 N–H and O–H groups in total. The first-order valence-corrected chi connectivity index (χ1v) is 4.61. The highest BCUT2D eigenvalue weighted by atomic mass is 35.5. The molecule has 0 aromatic carbocycles. The van der Waals surface area contributed by atoms with Crippen LogP contribution in [0.15, 0.2) is 12.1 Å². The van der Waals surface area contributed by atoms with Gasteiger partial charge in [0, 0.05) is 11.5 Å². The van der Waals surface area contributed by atoms with E-state index in [1.165, 1.54) is 5.56 Å². The van der Waals surface area contributed by atoms with Crippen molar-refractivity contribution in [3.63, 3.8) is 0 Å². The molecule has 0 unspecified atom stereocenters. The van der Waals surface area contributed by atoms with E-state index >= 15 is 0 Å². The van der Waals surface area contributed by atoms with Crippen LogP contribution < -0.4 is 0 Å². The van der Waals surface area contributed by atoms with Gasteiger partial charge in [-0.1, -0.05) is 17.7 Å². The summed E-state index contributed by atoms with van der Waals surface area (Å²) in [5, 5.41) is 0.612. The van der Waals surface area contributed by atoms with E-state index in [1.54, 1.807) is 0 Å². The third-order valence-corrected chi connectivity index (χ3v) is 2.73. The Morgan fingerprint density at radius 1 is 1.40 bits per heavy atom. The molecule has 1 aliphatic heterocycles. The smallest absolute Gasteiger partial charge is 0.129 e. The number of hydrogen-bond acceptors (Lipinski definition) is 2. The van der Waals surface area contributed by atoms with Gasteiger partial charge in [-0.05, 0) is 11.6 Å². The fraction of sp³-hybridized carbons (Fsp3) is 0.286. The van der Waals surface area contributed by atoms with Crippen molar-refractivity contribution >= 4 is 23.4 Å². The number of hydrogen-bond donors (Lipinski definition) is 0. The Morgan fingerprint density at radius 2 is 2.30 bits per heavy atom. The zero-order valence-corrected chi connectivity index (χ0v) is 6.87. The highest BCUT2D eigenvalue weighted by Gasteiger charge is 2.11. The average molecular weight is 172 g/mol. The molecule has 0 aliphatic carbocycles. The molecule has 0 radical (unpaired) electrons. The molecule has 2 heterocycles. The number of rotatable bonds is 0. The third-order valence-electron chi connectivity index (χ3n) is 1.53. The highest BCUT2D eigenvalue weighted by Crippen LogP contribution is 2.28. The van der Waals surface area contributed by atoms with Gasteiger partial charge in [0.1, 0.15) is 5.15 Å². The monoisotopic (exact) mass is 171 g/mol. The molecule has 0 spiro atoms. The van der Waals surface area contributed by atoms with Gasteiger partial charge in [0.05, 0.1) is 5.69 Å². The lowest BCUT2D eigenvalue weighted by Gasteiger charge is -1.94. The quantitative estimate of drug-likeness (QED) is 0.557. The molecule has 1 aromatic heterocycles. The predicted octanol–water partition coefficient (Wildman–Crippen LogP) is 2.48. The number of thioether (sulfide) groups is 1. The number of aromatic nitrogens is 1. The summed E-state index contributed by atoms with van der Waals surface area (Å²) in [7, 11) is 0. The molecule has 2 rings (SSSR count). The molecule has 52 valence electrons. The van der Waals surface area contributed by atoms with Gasteiger partial charge in [-0.25, -0.2) is 4.98 Å². The second-order valence-corrected chi connectivity index (χ2v) is 3.61. The van der Waals surface area contributed by atoms with Crippen molar-refractivity contribution in [3.8, 4) is 0 Å². The summed E-state index contributed by atoms with van der Waals surface area (Å²) in [5.74, 6) is 2.12. The Morgan fingerprint density at radius 3 is 3.20 bits per heavy atom. The maximum Gasteiger partial charge on any atom is 0.129 e. The van der Waals surface area contributed by atoms with Crippen molar-refractivity contribution in [3.05, 3.63) is 28.5 Å². The minimum Gasteiger partial charge on any atom is -0.240 e. The summed E-state index contributed by atoms with van der Waals surface area (Å²) >= 11 is 7.59. The van der Waals surface area contributed by atoms with Crippen LogP contribution in [0.5, 0.6) is 0 Å². The first-order chi connectivity index (χ1) is 4.86. The molecule has 0 fully saturated rings. The molecule has 0 bridgehead atoms. The van der Waals surface area contributed by atoms with Gasteiger partial charge in [-0.3, -0.25) is 0 Å². The van der Waals surface area contributed by atoms with Crippen molar-refractivity contribution in [1.82, 2.24) is 4.98 Å². The van der Waals surface area contributed by atoms with Crippen molar-refractivity contribution in [2.45, 2.75) is 11.5 Å². The Balaban J connectivity index is 2.52. The van der Waals surface area contributed by atoms with E-state index in [1.807, 2.05) is 17.8 Å². The second-order valence-electron chi connectivity index (χ2n) is 2.23. The molecule has 1 nitrogen and oxygen atoms in total. The Kier molecular flexibility index (Phi) is 1.58. The number of halogens is 1. The van der Waals surface area contributed by atoms with Crippen molar-refractivity contribution in [2.75, 3.05) is 0 Å². The van der Waals surface area contributed by atoms with Crippen molar-refractivity contribution in [1.29, 1.82) is 0 Å². The summed E-state index contributed by atoms with van der Waals surface area (Å²) in [5.41, 5.74) is 2.51. The van der Waals surface area contributed by atoms with E-state index in [-0.39, 0.29) is 0 Å². The van der Waals surface area contributed by atoms with Crippen molar-refractivity contribution < 1.29 is 0 Å². The fourth-order valence-corrected chi connectivity index (χ4v) is 2.21. The zero-order chi connectivity index (χ0) is 6.97. The number of nitrogens with zero attached hydrogens (tertiary/aromatic N) is 1. The largest absolute Gasteiger partial charge is 0.240 e. The molecule has 0 saturated heterocycles. The van der Waals surface area contributed by atoms with Gasteiger partial charge < -0.3 is 0 Å². The molecular weight excluding hydrogens is 166 g/mol. The zero-order valence-electron chi connectivity index (χ0n) is 5.30. The topological polar surface area (TPSA) is 12.9 Å². The van der Waals surface area contributed by atoms with Crippen LogP contribution in [0, 0.1) is 0 Å². The molecular formula is C7H6ClNS. The second kappa shape index (κ2) is 2.44. The first-order valence-electron chi connectivity index (χ1n) is 3.08. The molecule has 1 aliphatic rings. The van der Waals surface area contributed by atoms with Gasteiger partial charge in [-0.2, -0.15) is 11.8 Å². The number of pyridine rings is 1. The molecule has 0 atom stereocenters. The van der Waals surface area contributed by atoms with Crippen LogP contribution in [-0.2, 0) is 11.5 Å². The summed E-state index contributed by atoms with van der Waals surface area (Å²) in [6.07, 6.45) is 0. The minimum atomic E-state index is 0.612. The number of fused-ring (bicyclic) bond motifs is 1. The Hall–Kier alpha value is -0.210. The summed E-state index contributed by atoms with van der Waals surface area (Å²) in [4.78, 5) is 4.20. The van der Waals surface area contributed by atoms with E-state index < -0.39 is 0 Å². The van der Waals surface area contributed by atoms with E-state index in [9.17, 15) is 0 Å². The maximum atomic E-state index is 5.70. The van der Waals surface area contributed by atoms with Gasteiger partial charge >= 0.3 is 0 Å². The molecule has 0 amide bonds. The maximum absolute atomic E-state index is 5.70. The average Bonchev–Trinajstić information content (AvgIpc) is 2.33. The van der Waals surface area contributed by atoms with Gasteiger partial charge in [0.2, 0.25) is 0 Å². The van der Waals surface area contributed by atoms with Crippen LogP contribution in [0.3, 0.4) is 0 Å². The fourth-order valence-electron chi connectivity index (χ4n) is 1.02.